The van der Waals surface area contributed by atoms with E-state index in [1.807, 2.05) is 51.4 Å². The first-order valence-electron chi connectivity index (χ1n) is 15.1. The van der Waals surface area contributed by atoms with Crippen LogP contribution >= 0.6 is 11.6 Å². The Balaban J connectivity index is 1.48. The number of benzene rings is 2. The third-order valence-electron chi connectivity index (χ3n) is 7.73. The standard InChI is InChI=1S/C34H38ClN5O5/c1-5-44-31(42)27-20-24(34(37-17-18-38-34)28-8-6-7-19-40(28)32(43)45-33(2,3)4)13-14-26(27)22-9-11-23(12-10-22)30(41)39-29-21-25(35)15-16-36-29/h9-18,20-21,28,37-38H,5-8,19H2,1-4H3,(H,36,39,41)/t28-/m0/s1. The fraction of sp³-hybridized carbons (Fsp3) is 0.353. The molecule has 3 aromatic rings. The number of pyridine rings is 1. The van der Waals surface area contributed by atoms with E-state index in [-0.39, 0.29) is 24.6 Å². The van der Waals surface area contributed by atoms with Crippen LogP contribution in [0.25, 0.3) is 11.1 Å². The zero-order chi connectivity index (χ0) is 32.2. The number of carbonyl (C=O) groups excluding carboxylic acids is 3. The molecule has 11 heteroatoms. The summed E-state index contributed by atoms with van der Waals surface area (Å²) in [5.74, 6) is -0.471. The number of anilines is 1. The summed E-state index contributed by atoms with van der Waals surface area (Å²) in [7, 11) is 0. The summed E-state index contributed by atoms with van der Waals surface area (Å²) in [5, 5.41) is 10.1. The summed E-state index contributed by atoms with van der Waals surface area (Å²) in [4.78, 5) is 45.5. The lowest BCUT2D eigenvalue weighted by Gasteiger charge is -2.47. The number of likely N-dealkylation sites (tertiary alicyclic amines) is 1. The van der Waals surface area contributed by atoms with Crippen molar-refractivity contribution in [2.24, 2.45) is 0 Å². The lowest BCUT2D eigenvalue weighted by molar-refractivity contribution is -0.00785. The quantitative estimate of drug-likeness (QED) is 0.255. The average Bonchev–Trinajstić information content (AvgIpc) is 3.51. The lowest BCUT2D eigenvalue weighted by atomic mass is 9.83. The molecule has 1 aromatic heterocycles. The van der Waals surface area contributed by atoms with Gasteiger partial charge in [0.15, 0.2) is 5.66 Å². The van der Waals surface area contributed by atoms with Crippen LogP contribution < -0.4 is 16.0 Å². The zero-order valence-electron chi connectivity index (χ0n) is 25.9. The number of hydrogen-bond acceptors (Lipinski definition) is 8. The number of carbonyl (C=O) groups is 3. The summed E-state index contributed by atoms with van der Waals surface area (Å²) in [6, 6.07) is 15.5. The minimum absolute atomic E-state index is 0.206. The molecule has 0 saturated carbocycles. The number of rotatable bonds is 7. The van der Waals surface area contributed by atoms with Gasteiger partial charge in [-0.15, -0.1) is 0 Å². The molecule has 3 N–H and O–H groups in total. The number of hydrogen-bond donors (Lipinski definition) is 3. The van der Waals surface area contributed by atoms with Crippen LogP contribution in [0.5, 0.6) is 0 Å². The van der Waals surface area contributed by atoms with Crippen molar-refractivity contribution in [3.63, 3.8) is 0 Å². The minimum atomic E-state index is -0.895. The Morgan fingerprint density at radius 3 is 2.44 bits per heavy atom. The predicted octanol–water partition coefficient (Wildman–Crippen LogP) is 6.44. The van der Waals surface area contributed by atoms with Crippen LogP contribution in [0.2, 0.25) is 5.02 Å². The molecule has 2 aliphatic rings. The van der Waals surface area contributed by atoms with Crippen LogP contribution in [0.15, 0.2) is 73.2 Å². The lowest BCUT2D eigenvalue weighted by Crippen LogP contribution is -2.64. The Labute approximate surface area is 268 Å². The van der Waals surface area contributed by atoms with Crippen molar-refractivity contribution in [1.29, 1.82) is 0 Å². The molecule has 0 unspecified atom stereocenters. The minimum Gasteiger partial charge on any atom is -0.462 e. The van der Waals surface area contributed by atoms with Gasteiger partial charge in [0.25, 0.3) is 5.91 Å². The predicted molar refractivity (Wildman–Crippen MR) is 173 cm³/mol. The highest BCUT2D eigenvalue weighted by Crippen LogP contribution is 2.37. The number of amides is 2. The maximum Gasteiger partial charge on any atom is 0.410 e. The van der Waals surface area contributed by atoms with Gasteiger partial charge in [0, 0.05) is 41.3 Å². The summed E-state index contributed by atoms with van der Waals surface area (Å²) in [5.41, 5.74) is 1.40. The monoisotopic (exact) mass is 631 g/mol. The van der Waals surface area contributed by atoms with Gasteiger partial charge < -0.3 is 30.3 Å². The van der Waals surface area contributed by atoms with E-state index >= 15 is 0 Å². The van der Waals surface area contributed by atoms with Crippen molar-refractivity contribution in [3.8, 4) is 11.1 Å². The Morgan fingerprint density at radius 1 is 1.04 bits per heavy atom. The Kier molecular flexibility index (Phi) is 9.34. The van der Waals surface area contributed by atoms with E-state index < -0.39 is 17.2 Å². The van der Waals surface area contributed by atoms with Gasteiger partial charge in [-0.05, 0) is 88.4 Å². The second-order valence-electron chi connectivity index (χ2n) is 12.0. The van der Waals surface area contributed by atoms with Crippen LogP contribution in [-0.2, 0) is 15.1 Å². The smallest absolute Gasteiger partial charge is 0.410 e. The van der Waals surface area contributed by atoms with Crippen molar-refractivity contribution in [2.45, 2.75) is 64.3 Å². The van der Waals surface area contributed by atoms with Crippen LogP contribution in [0, 0.1) is 0 Å². The van der Waals surface area contributed by atoms with Gasteiger partial charge in [-0.2, -0.15) is 0 Å². The van der Waals surface area contributed by atoms with Gasteiger partial charge in [0.1, 0.15) is 11.4 Å². The zero-order valence-corrected chi connectivity index (χ0v) is 26.6. The first-order valence-corrected chi connectivity index (χ1v) is 15.4. The Morgan fingerprint density at radius 2 is 1.78 bits per heavy atom. The van der Waals surface area contributed by atoms with E-state index in [0.29, 0.717) is 34.1 Å². The van der Waals surface area contributed by atoms with Crippen LogP contribution in [-0.4, -0.2) is 52.6 Å². The first kappa shape index (κ1) is 31.8. The topological polar surface area (TPSA) is 122 Å². The third-order valence-corrected chi connectivity index (χ3v) is 7.96. The van der Waals surface area contributed by atoms with E-state index in [1.54, 1.807) is 48.2 Å². The summed E-state index contributed by atoms with van der Waals surface area (Å²) < 4.78 is 11.3. The summed E-state index contributed by atoms with van der Waals surface area (Å²) in [6.45, 7) is 8.08. The second-order valence-corrected chi connectivity index (χ2v) is 12.4. The molecular weight excluding hydrogens is 594 g/mol. The molecule has 2 aromatic carbocycles. The van der Waals surface area contributed by atoms with E-state index in [4.69, 9.17) is 21.1 Å². The number of nitrogens with one attached hydrogen (secondary N) is 3. The number of esters is 1. The molecule has 236 valence electrons. The van der Waals surface area contributed by atoms with E-state index in [0.717, 1.165) is 30.4 Å². The number of halogens is 1. The molecule has 1 fully saturated rings. The highest BCUT2D eigenvalue weighted by molar-refractivity contribution is 6.30. The van der Waals surface area contributed by atoms with Gasteiger partial charge in [-0.25, -0.2) is 14.6 Å². The summed E-state index contributed by atoms with van der Waals surface area (Å²) >= 11 is 6.01. The molecule has 1 saturated heterocycles. The van der Waals surface area contributed by atoms with E-state index in [2.05, 4.69) is 20.9 Å². The van der Waals surface area contributed by atoms with E-state index in [9.17, 15) is 14.4 Å². The Hall–Kier alpha value is -4.57. The molecule has 2 amide bonds. The van der Waals surface area contributed by atoms with Crippen LogP contribution in [0.3, 0.4) is 0 Å². The number of nitrogens with zero attached hydrogens (tertiary/aromatic N) is 2. The molecule has 3 heterocycles. The molecule has 0 aliphatic carbocycles. The molecular formula is C34H38ClN5O5. The number of ether oxygens (including phenoxy) is 2. The third kappa shape index (κ3) is 7.06. The van der Waals surface area contributed by atoms with Gasteiger partial charge in [-0.3, -0.25) is 4.79 Å². The largest absolute Gasteiger partial charge is 0.462 e. The van der Waals surface area contributed by atoms with Crippen molar-refractivity contribution < 1.29 is 23.9 Å². The summed E-state index contributed by atoms with van der Waals surface area (Å²) in [6.07, 6.45) is 7.29. The molecule has 2 aliphatic heterocycles. The molecule has 1 atom stereocenters. The second kappa shape index (κ2) is 13.2. The van der Waals surface area contributed by atoms with Crippen molar-refractivity contribution in [3.05, 3.63) is 94.9 Å². The van der Waals surface area contributed by atoms with Crippen molar-refractivity contribution in [2.75, 3.05) is 18.5 Å². The Bertz CT molecular complexity index is 1590. The number of aromatic nitrogens is 1. The van der Waals surface area contributed by atoms with Gasteiger partial charge in [-0.1, -0.05) is 35.9 Å². The molecule has 0 spiro atoms. The molecule has 5 rings (SSSR count). The average molecular weight is 632 g/mol. The van der Waals surface area contributed by atoms with Crippen LogP contribution in [0.4, 0.5) is 10.6 Å². The van der Waals surface area contributed by atoms with E-state index in [1.165, 1.54) is 6.20 Å². The van der Waals surface area contributed by atoms with Crippen molar-refractivity contribution in [1.82, 2.24) is 20.5 Å². The fourth-order valence-corrected chi connectivity index (χ4v) is 5.90. The first-order chi connectivity index (χ1) is 21.5. The van der Waals surface area contributed by atoms with Gasteiger partial charge in [0.05, 0.1) is 18.2 Å². The highest BCUT2D eigenvalue weighted by Gasteiger charge is 2.48. The maximum absolute atomic E-state index is 13.4. The molecule has 10 nitrogen and oxygen atoms in total. The molecule has 45 heavy (non-hydrogen) atoms. The van der Waals surface area contributed by atoms with Crippen LogP contribution in [0.1, 0.15) is 73.2 Å². The fourth-order valence-electron chi connectivity index (χ4n) is 5.74. The normalized spacial score (nSPS) is 17.2. The SMILES string of the molecule is CCOC(=O)c1cc(C2([C@@H]3CCCCN3C(=O)OC(C)(C)C)NC=CN2)ccc1-c1ccc(C(=O)Nc2cc(Cl)ccn2)cc1. The van der Waals surface area contributed by atoms with Gasteiger partial charge >= 0.3 is 12.1 Å². The van der Waals surface area contributed by atoms with Gasteiger partial charge in [0.2, 0.25) is 0 Å². The maximum atomic E-state index is 13.4. The number of piperidine rings is 1. The molecule has 0 radical (unpaired) electrons. The van der Waals surface area contributed by atoms with Crippen molar-refractivity contribution >= 4 is 35.4 Å². The highest BCUT2D eigenvalue weighted by atomic mass is 35.5. The molecule has 0 bridgehead atoms.